The van der Waals surface area contributed by atoms with Gasteiger partial charge in [-0.3, -0.25) is 4.98 Å². The largest absolute Gasteiger partial charge is 0.496 e. The Morgan fingerprint density at radius 2 is 1.94 bits per heavy atom. The van der Waals surface area contributed by atoms with E-state index < -0.39 is 19.9 Å². The Morgan fingerprint density at radius 3 is 2.61 bits per heavy atom. The Morgan fingerprint density at radius 1 is 1.19 bits per heavy atom. The predicted octanol–water partition coefficient (Wildman–Crippen LogP) is 1.62. The SMILES string of the molecule is COc1cc(S(=O)(=O)N2CCOCC2)ccc1Cc1cc(NCCS(C)(=O)=O)c2c(n1)CC=C2C#N. The summed E-state index contributed by atoms with van der Waals surface area (Å²) < 4.78 is 61.4. The molecule has 10 nitrogen and oxygen atoms in total. The first kappa shape index (κ1) is 26.1. The summed E-state index contributed by atoms with van der Waals surface area (Å²) in [5.74, 6) is 0.381. The Bertz CT molecular complexity index is 1440. The van der Waals surface area contributed by atoms with Crippen LogP contribution in [0.3, 0.4) is 0 Å². The summed E-state index contributed by atoms with van der Waals surface area (Å²) in [7, 11) is -5.34. The van der Waals surface area contributed by atoms with Crippen LogP contribution in [-0.4, -0.2) is 78.1 Å². The third-order valence-corrected chi connectivity index (χ3v) is 8.90. The number of aromatic nitrogens is 1. The standard InChI is InChI=1S/C24H28N4O6S2/c1-33-23-15-20(36(31,32)28-8-10-34-11-9-28)5-3-17(23)13-19-14-22(26-7-12-35(2,29)30)24-18(16-25)4-6-21(24)27-19/h3-5,14-15H,6-13H2,1-2H3,(H,26,27). The molecule has 36 heavy (non-hydrogen) atoms. The number of hydrogen-bond acceptors (Lipinski definition) is 9. The van der Waals surface area contributed by atoms with Gasteiger partial charge in [0.2, 0.25) is 10.0 Å². The van der Waals surface area contributed by atoms with Crippen molar-refractivity contribution in [1.82, 2.24) is 9.29 Å². The van der Waals surface area contributed by atoms with Gasteiger partial charge in [0.15, 0.2) is 0 Å². The maximum absolute atomic E-state index is 13.0. The maximum atomic E-state index is 13.0. The highest BCUT2D eigenvalue weighted by Crippen LogP contribution is 2.34. The molecule has 0 bridgehead atoms. The van der Waals surface area contributed by atoms with Gasteiger partial charge in [0.05, 0.1) is 48.3 Å². The van der Waals surface area contributed by atoms with E-state index >= 15 is 0 Å². The van der Waals surface area contributed by atoms with Crippen molar-refractivity contribution in [2.24, 2.45) is 0 Å². The number of rotatable bonds is 9. The first-order chi connectivity index (χ1) is 17.1. The first-order valence-corrected chi connectivity index (χ1v) is 14.9. The van der Waals surface area contributed by atoms with Crippen LogP contribution in [0.25, 0.3) is 5.57 Å². The number of sulfone groups is 1. The Hall–Kier alpha value is -2.98. The zero-order valence-corrected chi connectivity index (χ0v) is 21.8. The molecule has 1 saturated heterocycles. The third-order valence-electron chi connectivity index (χ3n) is 6.06. The summed E-state index contributed by atoms with van der Waals surface area (Å²) >= 11 is 0. The van der Waals surface area contributed by atoms with Crippen LogP contribution >= 0.6 is 0 Å². The van der Waals surface area contributed by atoms with E-state index in [1.807, 2.05) is 0 Å². The Kier molecular flexibility index (Phi) is 7.65. The van der Waals surface area contributed by atoms with Crippen molar-refractivity contribution in [3.8, 4) is 11.8 Å². The van der Waals surface area contributed by atoms with Crippen molar-refractivity contribution in [3.63, 3.8) is 0 Å². The molecule has 4 rings (SSSR count). The second-order valence-electron chi connectivity index (χ2n) is 8.64. The summed E-state index contributed by atoms with van der Waals surface area (Å²) in [4.78, 5) is 4.88. The molecule has 1 fully saturated rings. The zero-order valence-electron chi connectivity index (χ0n) is 20.2. The van der Waals surface area contributed by atoms with E-state index in [2.05, 4.69) is 11.4 Å². The maximum Gasteiger partial charge on any atom is 0.243 e. The monoisotopic (exact) mass is 532 g/mol. The topological polar surface area (TPSA) is 139 Å². The Labute approximate surface area is 211 Å². The van der Waals surface area contributed by atoms with Crippen molar-refractivity contribution in [2.75, 3.05) is 57.3 Å². The lowest BCUT2D eigenvalue weighted by atomic mass is 10.0. The molecule has 1 N–H and O–H groups in total. The van der Waals surface area contributed by atoms with Crippen LogP contribution in [0.1, 0.15) is 22.5 Å². The minimum atomic E-state index is -3.67. The zero-order chi connectivity index (χ0) is 25.9. The fourth-order valence-corrected chi connectivity index (χ4v) is 6.17. The minimum Gasteiger partial charge on any atom is -0.496 e. The lowest BCUT2D eigenvalue weighted by Crippen LogP contribution is -2.40. The molecule has 192 valence electrons. The molecule has 0 atom stereocenters. The molecule has 2 aliphatic rings. The summed E-state index contributed by atoms with van der Waals surface area (Å²) in [6.07, 6.45) is 3.83. The fraction of sp³-hybridized carbons (Fsp3) is 0.417. The average molecular weight is 533 g/mol. The van der Waals surface area contributed by atoms with Gasteiger partial charge in [0.1, 0.15) is 15.6 Å². The quantitative estimate of drug-likeness (QED) is 0.510. The summed E-state index contributed by atoms with van der Waals surface area (Å²) in [6, 6.07) is 8.78. The van der Waals surface area contributed by atoms with Crippen LogP contribution in [0, 0.1) is 11.3 Å². The highest BCUT2D eigenvalue weighted by molar-refractivity contribution is 7.90. The smallest absolute Gasteiger partial charge is 0.243 e. The molecular weight excluding hydrogens is 504 g/mol. The van der Waals surface area contributed by atoms with Crippen LogP contribution in [0.15, 0.2) is 35.2 Å². The van der Waals surface area contributed by atoms with Crippen molar-refractivity contribution in [2.45, 2.75) is 17.7 Å². The van der Waals surface area contributed by atoms with Gasteiger partial charge in [-0.25, -0.2) is 16.8 Å². The van der Waals surface area contributed by atoms with Crippen LogP contribution < -0.4 is 10.1 Å². The molecule has 1 aliphatic carbocycles. The summed E-state index contributed by atoms with van der Waals surface area (Å²) in [6.45, 7) is 1.53. The third kappa shape index (κ3) is 5.70. The molecule has 1 aromatic carbocycles. The number of nitrogens with one attached hydrogen (secondary N) is 1. The van der Waals surface area contributed by atoms with Crippen LogP contribution in [0.2, 0.25) is 0 Å². The number of benzene rings is 1. The number of methoxy groups -OCH3 is 1. The molecule has 0 radical (unpaired) electrons. The van der Waals surface area contributed by atoms with E-state index in [1.54, 1.807) is 24.3 Å². The number of allylic oxidation sites excluding steroid dienone is 2. The van der Waals surface area contributed by atoms with Crippen LogP contribution in [-0.2, 0) is 37.4 Å². The molecule has 0 amide bonds. The number of anilines is 1. The van der Waals surface area contributed by atoms with Gasteiger partial charge in [-0.2, -0.15) is 9.57 Å². The second kappa shape index (κ2) is 10.6. The molecule has 2 heterocycles. The van der Waals surface area contributed by atoms with Crippen LogP contribution in [0.5, 0.6) is 5.75 Å². The molecule has 2 aromatic rings. The van der Waals surface area contributed by atoms with E-state index in [1.165, 1.54) is 23.7 Å². The summed E-state index contributed by atoms with van der Waals surface area (Å²) in [5, 5.41) is 12.7. The molecule has 1 aliphatic heterocycles. The molecular formula is C24H28N4O6S2. The lowest BCUT2D eigenvalue weighted by Gasteiger charge is -2.26. The fourth-order valence-electron chi connectivity index (χ4n) is 4.27. The average Bonchev–Trinajstić information content (AvgIpc) is 3.27. The Balaban J connectivity index is 1.62. The van der Waals surface area contributed by atoms with E-state index in [-0.39, 0.29) is 17.2 Å². The number of sulfonamides is 1. The molecule has 12 heteroatoms. The lowest BCUT2D eigenvalue weighted by molar-refractivity contribution is 0.0730. The van der Waals surface area contributed by atoms with Gasteiger partial charge in [-0.15, -0.1) is 0 Å². The highest BCUT2D eigenvalue weighted by atomic mass is 32.2. The van der Waals surface area contributed by atoms with Gasteiger partial charge < -0.3 is 14.8 Å². The minimum absolute atomic E-state index is 0.0437. The van der Waals surface area contributed by atoms with Gasteiger partial charge in [-0.1, -0.05) is 12.1 Å². The molecule has 1 aromatic heterocycles. The van der Waals surface area contributed by atoms with Gasteiger partial charge in [0.25, 0.3) is 0 Å². The number of ether oxygens (including phenoxy) is 2. The second-order valence-corrected chi connectivity index (χ2v) is 12.8. The van der Waals surface area contributed by atoms with E-state index in [9.17, 15) is 22.1 Å². The van der Waals surface area contributed by atoms with Crippen molar-refractivity contribution in [3.05, 3.63) is 52.9 Å². The first-order valence-electron chi connectivity index (χ1n) is 11.4. The number of pyridine rings is 1. The molecule has 0 spiro atoms. The van der Waals surface area contributed by atoms with Crippen molar-refractivity contribution in [1.29, 1.82) is 5.26 Å². The van der Waals surface area contributed by atoms with Crippen molar-refractivity contribution < 1.29 is 26.3 Å². The molecule has 0 saturated carbocycles. The van der Waals surface area contributed by atoms with E-state index in [0.717, 1.165) is 11.3 Å². The summed E-state index contributed by atoms with van der Waals surface area (Å²) in [5.41, 5.74) is 4.00. The predicted molar refractivity (Wildman–Crippen MR) is 135 cm³/mol. The van der Waals surface area contributed by atoms with Crippen molar-refractivity contribution >= 4 is 31.1 Å². The number of nitriles is 1. The van der Waals surface area contributed by atoms with E-state index in [0.29, 0.717) is 67.4 Å². The number of hydrogen-bond donors (Lipinski definition) is 1. The van der Waals surface area contributed by atoms with Gasteiger partial charge in [0, 0.05) is 67.3 Å². The number of morpholine rings is 1. The molecule has 0 unspecified atom stereocenters. The van der Waals surface area contributed by atoms with E-state index in [4.69, 9.17) is 14.5 Å². The highest BCUT2D eigenvalue weighted by Gasteiger charge is 2.27. The normalized spacial score (nSPS) is 16.2. The number of fused-ring (bicyclic) bond motifs is 1. The van der Waals surface area contributed by atoms with Gasteiger partial charge in [-0.05, 0) is 12.1 Å². The van der Waals surface area contributed by atoms with Gasteiger partial charge >= 0.3 is 0 Å². The number of nitrogens with zero attached hydrogens (tertiary/aromatic N) is 3. The van der Waals surface area contributed by atoms with Crippen LogP contribution in [0.4, 0.5) is 5.69 Å².